The van der Waals surface area contributed by atoms with Gasteiger partial charge in [0.2, 0.25) is 5.91 Å². The third-order valence-corrected chi connectivity index (χ3v) is 4.97. The maximum Gasteiger partial charge on any atom is 0.289 e. The molecule has 148 valence electrons. The number of carbonyl (C=O) groups excluding carboxylic acids is 1. The van der Waals surface area contributed by atoms with Crippen LogP contribution in [0.1, 0.15) is 29.5 Å². The average Bonchev–Trinajstić information content (AvgIpc) is 2.70. The van der Waals surface area contributed by atoms with Crippen molar-refractivity contribution in [1.82, 2.24) is 9.89 Å². The van der Waals surface area contributed by atoms with Gasteiger partial charge in [0.05, 0.1) is 12.1 Å². The number of carbonyl (C=O) groups is 1. The van der Waals surface area contributed by atoms with Crippen molar-refractivity contribution >= 4 is 5.91 Å². The Bertz CT molecular complexity index is 1110. The number of hydrogen-bond acceptors (Lipinski definition) is 3. The standard InChI is InChI=1S/C22H19F2N3O2/c23-16-10-14(11-17(24)13-16)12-20(28)25-27-22(29)19-9-5-4-8-18(19)21(26-27)15-6-2-1-3-7-15/h1-3,6-7,10-11,13H,4-5,8-9,12H2,(H,25,28). The maximum absolute atomic E-state index is 13.4. The minimum Gasteiger partial charge on any atom is -0.273 e. The molecule has 0 fully saturated rings. The lowest BCUT2D eigenvalue weighted by Crippen LogP contribution is -2.39. The quantitative estimate of drug-likeness (QED) is 0.737. The Morgan fingerprint density at radius 2 is 1.66 bits per heavy atom. The lowest BCUT2D eigenvalue weighted by molar-refractivity contribution is -0.116. The van der Waals surface area contributed by atoms with Gasteiger partial charge in [-0.25, -0.2) is 14.2 Å². The molecule has 1 amide bonds. The van der Waals surface area contributed by atoms with Gasteiger partial charge in [0.25, 0.3) is 5.56 Å². The van der Waals surface area contributed by atoms with E-state index in [1.165, 1.54) is 0 Å². The van der Waals surface area contributed by atoms with Crippen molar-refractivity contribution < 1.29 is 13.6 Å². The molecule has 0 atom stereocenters. The fraction of sp³-hybridized carbons (Fsp3) is 0.227. The van der Waals surface area contributed by atoms with Crippen LogP contribution in [-0.4, -0.2) is 15.8 Å². The van der Waals surface area contributed by atoms with Gasteiger partial charge < -0.3 is 0 Å². The molecule has 0 saturated heterocycles. The number of nitrogens with one attached hydrogen (secondary N) is 1. The zero-order valence-corrected chi connectivity index (χ0v) is 15.6. The Kier molecular flexibility index (Phi) is 5.20. The predicted octanol–water partition coefficient (Wildman–Crippen LogP) is 3.38. The second-order valence-corrected chi connectivity index (χ2v) is 7.09. The number of rotatable bonds is 4. The van der Waals surface area contributed by atoms with Crippen LogP contribution in [-0.2, 0) is 24.1 Å². The zero-order valence-electron chi connectivity index (χ0n) is 15.6. The minimum atomic E-state index is -0.761. The van der Waals surface area contributed by atoms with E-state index in [1.807, 2.05) is 30.3 Å². The van der Waals surface area contributed by atoms with Gasteiger partial charge in [-0.3, -0.25) is 9.59 Å². The van der Waals surface area contributed by atoms with E-state index >= 15 is 0 Å². The van der Waals surface area contributed by atoms with Crippen LogP contribution in [0.2, 0.25) is 0 Å². The zero-order chi connectivity index (χ0) is 20.4. The summed E-state index contributed by atoms with van der Waals surface area (Å²) in [5, 5.41) is 4.40. The van der Waals surface area contributed by atoms with Gasteiger partial charge in [-0.2, -0.15) is 0 Å². The van der Waals surface area contributed by atoms with Crippen molar-refractivity contribution in [3.8, 4) is 11.3 Å². The van der Waals surface area contributed by atoms with Crippen LogP contribution in [0.3, 0.4) is 0 Å². The van der Waals surface area contributed by atoms with Crippen LogP contribution < -0.4 is 11.0 Å². The molecule has 0 spiro atoms. The van der Waals surface area contributed by atoms with Gasteiger partial charge in [0, 0.05) is 17.2 Å². The lowest BCUT2D eigenvalue weighted by Gasteiger charge is -2.20. The van der Waals surface area contributed by atoms with Crippen molar-refractivity contribution in [2.45, 2.75) is 32.1 Å². The highest BCUT2D eigenvalue weighted by Gasteiger charge is 2.22. The highest BCUT2D eigenvalue weighted by molar-refractivity contribution is 5.85. The molecule has 1 N–H and O–H groups in total. The SMILES string of the molecule is O=C(Cc1cc(F)cc(F)c1)Nn1nc(-c2ccccc2)c2c(c1=O)CCCC2. The number of aromatic nitrogens is 2. The van der Waals surface area contributed by atoms with Gasteiger partial charge >= 0.3 is 0 Å². The van der Waals surface area contributed by atoms with Crippen molar-refractivity contribution in [2.24, 2.45) is 0 Å². The van der Waals surface area contributed by atoms with Crippen LogP contribution in [0.4, 0.5) is 8.78 Å². The van der Waals surface area contributed by atoms with Crippen molar-refractivity contribution in [3.05, 3.63) is 87.2 Å². The summed E-state index contributed by atoms with van der Waals surface area (Å²) in [6.07, 6.45) is 2.99. The predicted molar refractivity (Wildman–Crippen MR) is 105 cm³/mol. The number of fused-ring (bicyclic) bond motifs is 1. The third kappa shape index (κ3) is 4.08. The summed E-state index contributed by atoms with van der Waals surface area (Å²) in [6.45, 7) is 0. The number of amides is 1. The first kappa shape index (κ1) is 19.0. The first-order chi connectivity index (χ1) is 14.0. The van der Waals surface area contributed by atoms with Crippen molar-refractivity contribution in [3.63, 3.8) is 0 Å². The van der Waals surface area contributed by atoms with Crippen LogP contribution in [0.15, 0.2) is 53.3 Å². The van der Waals surface area contributed by atoms with E-state index in [9.17, 15) is 18.4 Å². The first-order valence-corrected chi connectivity index (χ1v) is 9.46. The summed E-state index contributed by atoms with van der Waals surface area (Å²) in [6, 6.07) is 12.4. The normalized spacial score (nSPS) is 13.0. The molecule has 7 heteroatoms. The van der Waals surface area contributed by atoms with Crippen molar-refractivity contribution in [1.29, 1.82) is 0 Å². The molecule has 0 unspecified atom stereocenters. The van der Waals surface area contributed by atoms with E-state index in [2.05, 4.69) is 10.5 Å². The van der Waals surface area contributed by atoms with Gasteiger partial charge in [-0.1, -0.05) is 30.3 Å². The van der Waals surface area contributed by atoms with Crippen molar-refractivity contribution in [2.75, 3.05) is 5.43 Å². The molecule has 1 aromatic heterocycles. The number of hydrogen-bond donors (Lipinski definition) is 1. The summed E-state index contributed by atoms with van der Waals surface area (Å²) in [5.74, 6) is -2.11. The van der Waals surface area contributed by atoms with E-state index in [4.69, 9.17) is 0 Å². The number of halogens is 2. The van der Waals surface area contributed by atoms with Gasteiger partial charge in [0.15, 0.2) is 0 Å². The summed E-state index contributed by atoms with van der Waals surface area (Å²) in [7, 11) is 0. The fourth-order valence-corrected chi connectivity index (χ4v) is 3.70. The summed E-state index contributed by atoms with van der Waals surface area (Å²) < 4.78 is 26.7. The first-order valence-electron chi connectivity index (χ1n) is 9.46. The van der Waals surface area contributed by atoms with E-state index in [-0.39, 0.29) is 17.5 Å². The molecule has 2 aromatic carbocycles. The number of nitrogens with zero attached hydrogens (tertiary/aromatic N) is 2. The molecule has 0 bridgehead atoms. The highest BCUT2D eigenvalue weighted by atomic mass is 19.1. The molecule has 0 aliphatic heterocycles. The average molecular weight is 395 g/mol. The van der Waals surface area contributed by atoms with Crippen LogP contribution in [0.5, 0.6) is 0 Å². The Hall–Kier alpha value is -3.35. The number of benzene rings is 2. The van der Waals surface area contributed by atoms with E-state index < -0.39 is 17.5 Å². The Morgan fingerprint density at radius 3 is 2.34 bits per heavy atom. The summed E-state index contributed by atoms with van der Waals surface area (Å²) >= 11 is 0. The molecule has 1 aliphatic carbocycles. The van der Waals surface area contributed by atoms with Gasteiger partial charge in [-0.15, -0.1) is 9.89 Å². The molecule has 29 heavy (non-hydrogen) atoms. The topological polar surface area (TPSA) is 64.0 Å². The molecule has 5 nitrogen and oxygen atoms in total. The van der Waals surface area contributed by atoms with E-state index in [1.54, 1.807) is 0 Å². The molecule has 4 rings (SSSR count). The largest absolute Gasteiger partial charge is 0.289 e. The Balaban J connectivity index is 1.68. The second kappa shape index (κ2) is 7.95. The van der Waals surface area contributed by atoms with Gasteiger partial charge in [0.1, 0.15) is 11.6 Å². The van der Waals surface area contributed by atoms with E-state index in [0.717, 1.165) is 53.4 Å². The molecule has 0 radical (unpaired) electrons. The third-order valence-electron chi connectivity index (χ3n) is 4.97. The second-order valence-electron chi connectivity index (χ2n) is 7.09. The smallest absolute Gasteiger partial charge is 0.273 e. The summed E-state index contributed by atoms with van der Waals surface area (Å²) in [4.78, 5) is 26.2. The molecule has 1 aliphatic rings. The highest BCUT2D eigenvalue weighted by Crippen LogP contribution is 2.27. The van der Waals surface area contributed by atoms with Crippen LogP contribution >= 0.6 is 0 Å². The Morgan fingerprint density at radius 1 is 1.00 bits per heavy atom. The monoisotopic (exact) mass is 395 g/mol. The maximum atomic E-state index is 13.4. The van der Waals surface area contributed by atoms with Gasteiger partial charge in [-0.05, 0) is 48.9 Å². The lowest BCUT2D eigenvalue weighted by atomic mass is 9.90. The fourth-order valence-electron chi connectivity index (χ4n) is 3.70. The minimum absolute atomic E-state index is 0.175. The molecule has 1 heterocycles. The summed E-state index contributed by atoms with van der Waals surface area (Å²) in [5.41, 5.74) is 5.38. The Labute approximate surface area is 166 Å². The van der Waals surface area contributed by atoms with E-state index in [0.29, 0.717) is 17.7 Å². The molecular formula is C22H19F2N3O2. The van der Waals surface area contributed by atoms with Crippen LogP contribution in [0.25, 0.3) is 11.3 Å². The molecular weight excluding hydrogens is 376 g/mol. The molecule has 0 saturated carbocycles. The van der Waals surface area contributed by atoms with Crippen LogP contribution in [0, 0.1) is 11.6 Å². The molecule has 3 aromatic rings.